The highest BCUT2D eigenvalue weighted by Gasteiger charge is 2.29. The highest BCUT2D eigenvalue weighted by Crippen LogP contribution is 2.25. The molecule has 13 heteroatoms. The van der Waals surface area contributed by atoms with Crippen molar-refractivity contribution in [2.24, 2.45) is 7.05 Å². The van der Waals surface area contributed by atoms with Gasteiger partial charge in [-0.25, -0.2) is 22.4 Å². The fourth-order valence-electron chi connectivity index (χ4n) is 2.70. The SMILES string of the molecule is CCS(=O)(=O)c1nc(-c2ccnn2C)cc(=O)n1-c1ccc(OCC(F)(F)F)cc1F. The number of halogens is 4. The van der Waals surface area contributed by atoms with Crippen LogP contribution in [0.4, 0.5) is 17.6 Å². The van der Waals surface area contributed by atoms with Crippen molar-refractivity contribution in [3.8, 4) is 22.8 Å². The smallest absolute Gasteiger partial charge is 0.422 e. The average molecular weight is 460 g/mol. The van der Waals surface area contributed by atoms with E-state index in [1.54, 1.807) is 7.05 Å². The lowest BCUT2D eigenvalue weighted by atomic mass is 10.2. The highest BCUT2D eigenvalue weighted by atomic mass is 32.2. The van der Waals surface area contributed by atoms with Crippen LogP contribution in [0.25, 0.3) is 17.1 Å². The largest absolute Gasteiger partial charge is 0.484 e. The molecule has 0 aliphatic carbocycles. The molecular weight excluding hydrogens is 444 g/mol. The number of benzene rings is 1. The Labute approximate surface area is 173 Å². The second kappa shape index (κ2) is 8.13. The van der Waals surface area contributed by atoms with Crippen LogP contribution in [-0.2, 0) is 16.9 Å². The van der Waals surface area contributed by atoms with Crippen molar-refractivity contribution in [3.05, 3.63) is 52.7 Å². The third-order valence-corrected chi connectivity index (χ3v) is 5.78. The number of sulfone groups is 1. The summed E-state index contributed by atoms with van der Waals surface area (Å²) in [7, 11) is -2.54. The first-order chi connectivity index (χ1) is 14.4. The lowest BCUT2D eigenvalue weighted by Gasteiger charge is -2.15. The van der Waals surface area contributed by atoms with E-state index in [4.69, 9.17) is 0 Å². The summed E-state index contributed by atoms with van der Waals surface area (Å²) in [4.78, 5) is 16.9. The van der Waals surface area contributed by atoms with Gasteiger partial charge in [-0.05, 0) is 18.2 Å². The average Bonchev–Trinajstić information content (AvgIpc) is 3.11. The Morgan fingerprint density at radius 1 is 1.16 bits per heavy atom. The Morgan fingerprint density at radius 3 is 2.42 bits per heavy atom. The van der Waals surface area contributed by atoms with Crippen molar-refractivity contribution in [2.75, 3.05) is 12.4 Å². The zero-order valence-electron chi connectivity index (χ0n) is 16.2. The van der Waals surface area contributed by atoms with Crippen LogP contribution in [0.2, 0.25) is 0 Å². The summed E-state index contributed by atoms with van der Waals surface area (Å²) in [6, 6.07) is 5.10. The number of aromatic nitrogens is 4. The molecule has 0 saturated heterocycles. The van der Waals surface area contributed by atoms with E-state index in [0.717, 1.165) is 18.2 Å². The Hall–Kier alpha value is -3.22. The first-order valence-corrected chi connectivity index (χ1v) is 10.4. The summed E-state index contributed by atoms with van der Waals surface area (Å²) in [6.45, 7) is -0.310. The van der Waals surface area contributed by atoms with Gasteiger partial charge in [-0.15, -0.1) is 0 Å². The predicted octanol–water partition coefficient (Wildman–Crippen LogP) is 2.51. The summed E-state index contributed by atoms with van der Waals surface area (Å²) in [5.41, 5.74) is -1.03. The lowest BCUT2D eigenvalue weighted by Crippen LogP contribution is -2.27. The maximum Gasteiger partial charge on any atom is 0.422 e. The molecule has 0 fully saturated rings. The van der Waals surface area contributed by atoms with Crippen LogP contribution in [-0.4, -0.2) is 46.3 Å². The minimum absolute atomic E-state index is 0.0128. The van der Waals surface area contributed by atoms with Gasteiger partial charge in [0, 0.05) is 25.4 Å². The van der Waals surface area contributed by atoms with Crippen LogP contribution in [0.15, 0.2) is 46.5 Å². The minimum Gasteiger partial charge on any atom is -0.484 e. The van der Waals surface area contributed by atoms with Gasteiger partial charge in [-0.1, -0.05) is 6.92 Å². The quantitative estimate of drug-likeness (QED) is 0.414. The van der Waals surface area contributed by atoms with Gasteiger partial charge in [0.2, 0.25) is 15.0 Å². The van der Waals surface area contributed by atoms with Crippen LogP contribution >= 0.6 is 0 Å². The summed E-state index contributed by atoms with van der Waals surface area (Å²) < 4.78 is 83.3. The lowest BCUT2D eigenvalue weighted by molar-refractivity contribution is -0.153. The number of rotatable bonds is 6. The minimum atomic E-state index is -4.62. The van der Waals surface area contributed by atoms with Crippen molar-refractivity contribution in [1.29, 1.82) is 0 Å². The number of alkyl halides is 3. The molecule has 3 rings (SSSR count). The molecule has 0 N–H and O–H groups in total. The Kier molecular flexibility index (Phi) is 5.89. The van der Waals surface area contributed by atoms with E-state index in [-0.39, 0.29) is 5.69 Å². The van der Waals surface area contributed by atoms with Crippen LogP contribution in [0, 0.1) is 5.82 Å². The molecule has 1 aromatic carbocycles. The van der Waals surface area contributed by atoms with E-state index in [1.165, 1.54) is 23.9 Å². The Bertz CT molecular complexity index is 1280. The summed E-state index contributed by atoms with van der Waals surface area (Å²) in [5.74, 6) is -2.03. The fourth-order valence-corrected chi connectivity index (χ4v) is 3.66. The molecule has 8 nitrogen and oxygen atoms in total. The molecule has 0 unspecified atom stereocenters. The Balaban J connectivity index is 2.17. The number of hydrogen-bond acceptors (Lipinski definition) is 6. The Morgan fingerprint density at radius 2 is 1.87 bits per heavy atom. The van der Waals surface area contributed by atoms with E-state index in [0.29, 0.717) is 16.3 Å². The summed E-state index contributed by atoms with van der Waals surface area (Å²) in [6.07, 6.45) is -3.20. The first-order valence-electron chi connectivity index (χ1n) is 8.77. The summed E-state index contributed by atoms with van der Waals surface area (Å²) in [5, 5.41) is 3.23. The van der Waals surface area contributed by atoms with E-state index < -0.39 is 56.3 Å². The van der Waals surface area contributed by atoms with Gasteiger partial charge in [0.25, 0.3) is 5.56 Å². The molecule has 0 radical (unpaired) electrons. The number of ether oxygens (including phenoxy) is 1. The van der Waals surface area contributed by atoms with Crippen LogP contribution in [0.1, 0.15) is 6.92 Å². The molecule has 0 aliphatic heterocycles. The standard InChI is InChI=1S/C18H16F4N4O4S/c1-3-31(28,29)17-24-13(15-6-7-23-25(15)2)9-16(27)26(17)14-5-4-11(8-12(14)19)30-10-18(20,21)22/h4-9H,3,10H2,1-2H3. The molecule has 0 aliphatic rings. The van der Waals surface area contributed by atoms with Gasteiger partial charge in [-0.3, -0.25) is 9.48 Å². The number of aryl methyl sites for hydroxylation is 1. The van der Waals surface area contributed by atoms with Crippen LogP contribution in [0.5, 0.6) is 5.75 Å². The monoisotopic (exact) mass is 460 g/mol. The second-order valence-electron chi connectivity index (χ2n) is 6.36. The van der Waals surface area contributed by atoms with Crippen molar-refractivity contribution >= 4 is 9.84 Å². The van der Waals surface area contributed by atoms with Crippen LogP contribution in [0.3, 0.4) is 0 Å². The fraction of sp³-hybridized carbons (Fsp3) is 0.278. The van der Waals surface area contributed by atoms with Crippen molar-refractivity contribution in [2.45, 2.75) is 18.3 Å². The molecule has 0 amide bonds. The highest BCUT2D eigenvalue weighted by molar-refractivity contribution is 7.91. The second-order valence-corrected chi connectivity index (χ2v) is 8.53. The topological polar surface area (TPSA) is 96.1 Å². The molecule has 3 aromatic rings. The molecule has 31 heavy (non-hydrogen) atoms. The van der Waals surface area contributed by atoms with E-state index in [1.807, 2.05) is 0 Å². The molecule has 0 bridgehead atoms. The van der Waals surface area contributed by atoms with E-state index in [2.05, 4.69) is 14.8 Å². The molecule has 2 heterocycles. The molecule has 0 saturated carbocycles. The maximum atomic E-state index is 14.7. The van der Waals surface area contributed by atoms with Crippen LogP contribution < -0.4 is 10.3 Å². The van der Waals surface area contributed by atoms with Gasteiger partial charge >= 0.3 is 6.18 Å². The van der Waals surface area contributed by atoms with Gasteiger partial charge in [0.05, 0.1) is 22.8 Å². The van der Waals surface area contributed by atoms with Gasteiger partial charge in [0.1, 0.15) is 5.75 Å². The molecule has 2 aromatic heterocycles. The predicted molar refractivity (Wildman–Crippen MR) is 101 cm³/mol. The van der Waals surface area contributed by atoms with E-state index >= 15 is 0 Å². The molecular formula is C18H16F4N4O4S. The van der Waals surface area contributed by atoms with Gasteiger partial charge in [-0.2, -0.15) is 18.3 Å². The number of nitrogens with zero attached hydrogens (tertiary/aromatic N) is 4. The van der Waals surface area contributed by atoms with E-state index in [9.17, 15) is 30.8 Å². The first kappa shape index (κ1) is 22.5. The summed E-state index contributed by atoms with van der Waals surface area (Å²) >= 11 is 0. The molecule has 0 atom stereocenters. The van der Waals surface area contributed by atoms with Gasteiger partial charge < -0.3 is 4.74 Å². The maximum absolute atomic E-state index is 14.7. The third-order valence-electron chi connectivity index (χ3n) is 4.19. The third kappa shape index (κ3) is 4.76. The number of hydrogen-bond donors (Lipinski definition) is 0. The van der Waals surface area contributed by atoms with Gasteiger partial charge in [0.15, 0.2) is 12.4 Å². The van der Waals surface area contributed by atoms with Crippen molar-refractivity contribution in [3.63, 3.8) is 0 Å². The van der Waals surface area contributed by atoms with Crippen molar-refractivity contribution < 1.29 is 30.7 Å². The molecule has 166 valence electrons. The zero-order chi connectivity index (χ0) is 23.0. The van der Waals surface area contributed by atoms with Crippen molar-refractivity contribution in [1.82, 2.24) is 19.3 Å². The zero-order valence-corrected chi connectivity index (χ0v) is 17.0. The molecule has 0 spiro atoms. The normalized spacial score (nSPS) is 12.2.